The standard InChI is InChI=1S/C20H21FN5O3/c1-12-8-10-26(29)20(3,11-12)14-5-6-15(18(17(14)21)23-13(2)27)24-19(28)16-7-9-22-25(16)4/h5-11H,1-4H3,(H,23,27)(H,24,28)/q-1. The Morgan fingerprint density at radius 1 is 1.24 bits per heavy atom. The number of allylic oxidation sites excluding steroid dienone is 2. The molecule has 1 atom stereocenters. The first-order valence-electron chi connectivity index (χ1n) is 8.87. The Morgan fingerprint density at radius 2 is 1.97 bits per heavy atom. The monoisotopic (exact) mass is 398 g/mol. The van der Waals surface area contributed by atoms with Crippen molar-refractivity contribution in [2.24, 2.45) is 7.05 Å². The summed E-state index contributed by atoms with van der Waals surface area (Å²) >= 11 is 0. The van der Waals surface area contributed by atoms with Crippen molar-refractivity contribution in [3.05, 3.63) is 70.6 Å². The molecule has 1 aromatic heterocycles. The second-order valence-corrected chi connectivity index (χ2v) is 7.00. The van der Waals surface area contributed by atoms with Gasteiger partial charge >= 0.3 is 0 Å². The molecule has 0 fully saturated rings. The molecule has 3 rings (SSSR count). The minimum atomic E-state index is -1.30. The van der Waals surface area contributed by atoms with Crippen LogP contribution in [0.15, 0.2) is 48.3 Å². The molecule has 1 aromatic carbocycles. The SMILES string of the molecule is CC(=O)Nc1c(NC(=O)c2ccnn2C)ccc(C2(C)C=C(C)C=CN2[O-])c1F. The van der Waals surface area contributed by atoms with Crippen LogP contribution in [0.4, 0.5) is 15.8 Å². The van der Waals surface area contributed by atoms with E-state index in [0.717, 1.165) is 5.57 Å². The molecule has 2 amide bonds. The zero-order valence-electron chi connectivity index (χ0n) is 16.5. The summed E-state index contributed by atoms with van der Waals surface area (Å²) in [4.78, 5) is 24.2. The zero-order valence-corrected chi connectivity index (χ0v) is 16.5. The first-order valence-corrected chi connectivity index (χ1v) is 8.87. The van der Waals surface area contributed by atoms with Crippen LogP contribution in [-0.4, -0.2) is 26.7 Å². The number of aryl methyl sites for hydroxylation is 1. The fourth-order valence-corrected chi connectivity index (χ4v) is 3.24. The van der Waals surface area contributed by atoms with Gasteiger partial charge in [0.05, 0.1) is 11.2 Å². The van der Waals surface area contributed by atoms with E-state index >= 15 is 4.39 Å². The van der Waals surface area contributed by atoms with Gasteiger partial charge in [0, 0.05) is 25.7 Å². The molecule has 152 valence electrons. The number of benzene rings is 1. The molecule has 0 radical (unpaired) electrons. The lowest BCUT2D eigenvalue weighted by molar-refractivity contribution is -0.114. The zero-order chi connectivity index (χ0) is 21.3. The third-order valence-electron chi connectivity index (χ3n) is 4.73. The number of carbonyl (C=O) groups excluding carboxylic acids is 2. The van der Waals surface area contributed by atoms with E-state index in [1.807, 2.05) is 0 Å². The predicted octanol–water partition coefficient (Wildman–Crippen LogP) is 3.26. The number of halogens is 1. The maximum atomic E-state index is 15.5. The lowest BCUT2D eigenvalue weighted by Crippen LogP contribution is -2.37. The molecule has 0 aliphatic carbocycles. The molecule has 1 unspecified atom stereocenters. The lowest BCUT2D eigenvalue weighted by atomic mass is 9.86. The van der Waals surface area contributed by atoms with Gasteiger partial charge < -0.3 is 20.9 Å². The van der Waals surface area contributed by atoms with Crippen LogP contribution in [0.5, 0.6) is 0 Å². The summed E-state index contributed by atoms with van der Waals surface area (Å²) in [5.74, 6) is -1.83. The Bertz CT molecular complexity index is 1040. The van der Waals surface area contributed by atoms with E-state index in [1.165, 1.54) is 42.2 Å². The summed E-state index contributed by atoms with van der Waals surface area (Å²) in [6, 6.07) is 4.39. The van der Waals surface area contributed by atoms with E-state index < -0.39 is 23.2 Å². The minimum absolute atomic E-state index is 0.0680. The Hall–Kier alpha value is -3.46. The van der Waals surface area contributed by atoms with Gasteiger partial charge in [-0.1, -0.05) is 17.7 Å². The van der Waals surface area contributed by atoms with Crippen molar-refractivity contribution in [2.75, 3.05) is 10.6 Å². The van der Waals surface area contributed by atoms with E-state index in [-0.39, 0.29) is 22.6 Å². The van der Waals surface area contributed by atoms with Crippen LogP contribution < -0.4 is 10.6 Å². The number of nitrogens with one attached hydrogen (secondary N) is 2. The number of aromatic nitrogens is 2. The van der Waals surface area contributed by atoms with Crippen molar-refractivity contribution in [1.29, 1.82) is 0 Å². The van der Waals surface area contributed by atoms with Crippen LogP contribution in [0.25, 0.3) is 0 Å². The van der Waals surface area contributed by atoms with E-state index in [2.05, 4.69) is 15.7 Å². The summed E-state index contributed by atoms with van der Waals surface area (Å²) in [6.45, 7) is 4.61. The number of rotatable bonds is 4. The molecule has 0 bridgehead atoms. The fourth-order valence-electron chi connectivity index (χ4n) is 3.24. The van der Waals surface area contributed by atoms with Crippen molar-refractivity contribution in [2.45, 2.75) is 26.3 Å². The van der Waals surface area contributed by atoms with Gasteiger partial charge in [-0.2, -0.15) is 5.10 Å². The lowest BCUT2D eigenvalue weighted by Gasteiger charge is -2.46. The van der Waals surface area contributed by atoms with Crippen LogP contribution in [0.2, 0.25) is 0 Å². The summed E-state index contributed by atoms with van der Waals surface area (Å²) in [5, 5.41) is 22.0. The Morgan fingerprint density at radius 3 is 2.59 bits per heavy atom. The summed E-state index contributed by atoms with van der Waals surface area (Å²) in [6.07, 6.45) is 6.06. The van der Waals surface area contributed by atoms with Crippen LogP contribution in [0.3, 0.4) is 0 Å². The molecule has 29 heavy (non-hydrogen) atoms. The van der Waals surface area contributed by atoms with Gasteiger partial charge in [-0.3, -0.25) is 14.3 Å². The molecule has 2 N–H and O–H groups in total. The van der Waals surface area contributed by atoms with Gasteiger partial charge in [-0.25, -0.2) is 4.39 Å². The quantitative estimate of drug-likeness (QED) is 0.823. The topological polar surface area (TPSA) is 102 Å². The number of hydrogen-bond donors (Lipinski definition) is 2. The van der Waals surface area contributed by atoms with Gasteiger partial charge in [-0.05, 0) is 38.3 Å². The summed E-state index contributed by atoms with van der Waals surface area (Å²) < 4.78 is 16.9. The predicted molar refractivity (Wildman–Crippen MR) is 107 cm³/mol. The highest BCUT2D eigenvalue weighted by atomic mass is 19.1. The highest BCUT2D eigenvalue weighted by Crippen LogP contribution is 2.39. The van der Waals surface area contributed by atoms with Crippen molar-refractivity contribution in [3.63, 3.8) is 0 Å². The second-order valence-electron chi connectivity index (χ2n) is 7.00. The maximum absolute atomic E-state index is 15.5. The highest BCUT2D eigenvalue weighted by molar-refractivity contribution is 6.06. The molecule has 1 aliphatic heterocycles. The molecule has 0 spiro atoms. The highest BCUT2D eigenvalue weighted by Gasteiger charge is 2.32. The van der Waals surface area contributed by atoms with E-state index in [9.17, 15) is 14.8 Å². The average Bonchev–Trinajstić information content (AvgIpc) is 3.07. The molecular formula is C20H21FN5O3-. The number of anilines is 2. The van der Waals surface area contributed by atoms with Crippen molar-refractivity contribution < 1.29 is 14.0 Å². The summed E-state index contributed by atoms with van der Waals surface area (Å²) in [7, 11) is 1.60. The van der Waals surface area contributed by atoms with Gasteiger partial charge in [0.15, 0.2) is 5.82 Å². The summed E-state index contributed by atoms with van der Waals surface area (Å²) in [5.41, 5.74) is -0.314. The van der Waals surface area contributed by atoms with E-state index in [1.54, 1.807) is 33.0 Å². The first-order chi connectivity index (χ1) is 13.6. The van der Waals surface area contributed by atoms with Crippen LogP contribution in [0, 0.1) is 11.0 Å². The molecule has 8 nitrogen and oxygen atoms in total. The Kier molecular flexibility index (Phi) is 5.25. The number of hydrogen-bond acceptors (Lipinski definition) is 5. The number of amides is 2. The minimum Gasteiger partial charge on any atom is -0.758 e. The average molecular weight is 398 g/mol. The molecule has 0 saturated heterocycles. The van der Waals surface area contributed by atoms with Crippen molar-refractivity contribution in [3.8, 4) is 0 Å². The molecule has 2 heterocycles. The van der Waals surface area contributed by atoms with Crippen LogP contribution in [0.1, 0.15) is 36.8 Å². The van der Waals surface area contributed by atoms with Gasteiger partial charge in [-0.15, -0.1) is 0 Å². The fraction of sp³-hybridized carbons (Fsp3) is 0.250. The smallest absolute Gasteiger partial charge is 0.273 e. The number of carbonyl (C=O) groups is 2. The van der Waals surface area contributed by atoms with Crippen molar-refractivity contribution >= 4 is 23.2 Å². The largest absolute Gasteiger partial charge is 0.758 e. The van der Waals surface area contributed by atoms with Crippen molar-refractivity contribution in [1.82, 2.24) is 14.8 Å². The van der Waals surface area contributed by atoms with Crippen LogP contribution >= 0.6 is 0 Å². The van der Waals surface area contributed by atoms with Crippen LogP contribution in [-0.2, 0) is 17.4 Å². The number of hydroxylamine groups is 2. The maximum Gasteiger partial charge on any atom is 0.273 e. The third kappa shape index (κ3) is 3.77. The molecule has 1 aliphatic rings. The Balaban J connectivity index is 2.07. The molecular weight excluding hydrogens is 377 g/mol. The third-order valence-corrected chi connectivity index (χ3v) is 4.73. The normalized spacial score (nSPS) is 18.4. The molecule has 9 heteroatoms. The van der Waals surface area contributed by atoms with E-state index in [4.69, 9.17) is 0 Å². The molecule has 2 aromatic rings. The first kappa shape index (κ1) is 20.3. The molecule has 0 saturated carbocycles. The van der Waals surface area contributed by atoms with E-state index in [0.29, 0.717) is 5.06 Å². The number of nitrogens with zero attached hydrogens (tertiary/aromatic N) is 3. The second kappa shape index (κ2) is 7.51. The Labute approximate surface area is 167 Å². The van der Waals surface area contributed by atoms with Gasteiger partial charge in [0.2, 0.25) is 5.91 Å². The van der Waals surface area contributed by atoms with Gasteiger partial charge in [0.1, 0.15) is 11.4 Å². The van der Waals surface area contributed by atoms with Gasteiger partial charge in [0.25, 0.3) is 5.91 Å².